The van der Waals surface area contributed by atoms with Crippen molar-refractivity contribution in [1.29, 1.82) is 10.5 Å². The van der Waals surface area contributed by atoms with Gasteiger partial charge in [-0.15, -0.1) is 0 Å². The molecule has 0 radical (unpaired) electrons. The maximum absolute atomic E-state index is 13.2. The van der Waals surface area contributed by atoms with E-state index in [9.17, 15) is 10.1 Å². The zero-order valence-electron chi connectivity index (χ0n) is 20.5. The number of rotatable bonds is 8. The Kier molecular flexibility index (Phi) is 14.7. The molecule has 0 saturated heterocycles. The van der Waals surface area contributed by atoms with Gasteiger partial charge in [0.25, 0.3) is 0 Å². The van der Waals surface area contributed by atoms with Crippen LogP contribution in [-0.4, -0.2) is 22.4 Å². The molecule has 0 heterocycles. The standard InChI is InChI=1S/C25H24N2O2.C2H2IN.C2H6/c1-29-24(28)25(17-18-26,23-15-9-4-10-16-23)27(19-21-11-5-2-6-12-21)20-22-13-7-3-8-14-22;3-1-2-4;1-2/h2-16H,17,19-20H2,1H3;1H2;1-2H3. The fourth-order valence-electron chi connectivity index (χ4n) is 3.65. The first kappa shape index (κ1) is 29.8. The summed E-state index contributed by atoms with van der Waals surface area (Å²) < 4.78 is 5.84. The van der Waals surface area contributed by atoms with Crippen molar-refractivity contribution in [3.63, 3.8) is 0 Å². The average Bonchev–Trinajstić information content (AvgIpc) is 2.94. The number of nitriles is 2. The summed E-state index contributed by atoms with van der Waals surface area (Å²) in [4.78, 5) is 15.3. The Morgan fingerprint density at radius 3 is 1.57 bits per heavy atom. The minimum absolute atomic E-state index is 0.0106. The van der Waals surface area contributed by atoms with Crippen molar-refractivity contribution in [1.82, 2.24) is 4.90 Å². The van der Waals surface area contributed by atoms with Crippen molar-refractivity contribution in [2.24, 2.45) is 0 Å². The van der Waals surface area contributed by atoms with E-state index in [0.717, 1.165) is 16.7 Å². The van der Waals surface area contributed by atoms with E-state index in [-0.39, 0.29) is 6.42 Å². The molecule has 1 unspecified atom stereocenters. The van der Waals surface area contributed by atoms with Crippen LogP contribution in [0.5, 0.6) is 0 Å². The van der Waals surface area contributed by atoms with E-state index in [1.807, 2.05) is 138 Å². The molecule has 0 fully saturated rings. The number of hydrogen-bond acceptors (Lipinski definition) is 5. The lowest BCUT2D eigenvalue weighted by Gasteiger charge is -2.41. The summed E-state index contributed by atoms with van der Waals surface area (Å²) in [5.74, 6) is -0.433. The Hall–Kier alpha value is -3.20. The first-order chi connectivity index (χ1) is 17.1. The van der Waals surface area contributed by atoms with Crippen molar-refractivity contribution < 1.29 is 9.53 Å². The van der Waals surface area contributed by atoms with Gasteiger partial charge in [-0.3, -0.25) is 4.90 Å². The predicted molar refractivity (Wildman–Crippen MR) is 148 cm³/mol. The zero-order valence-corrected chi connectivity index (χ0v) is 22.7. The average molecular weight is 581 g/mol. The van der Waals surface area contributed by atoms with Crippen LogP contribution in [0.25, 0.3) is 0 Å². The highest BCUT2D eigenvalue weighted by Gasteiger charge is 2.47. The molecule has 0 N–H and O–H groups in total. The van der Waals surface area contributed by atoms with Crippen LogP contribution in [0.2, 0.25) is 0 Å². The van der Waals surface area contributed by atoms with Gasteiger partial charge in [0.15, 0.2) is 5.54 Å². The first-order valence-electron chi connectivity index (χ1n) is 11.4. The lowest BCUT2D eigenvalue weighted by atomic mass is 9.84. The molecule has 0 amide bonds. The normalized spacial score (nSPS) is 11.3. The fourth-order valence-corrected chi connectivity index (χ4v) is 3.65. The second-order valence-electron chi connectivity index (χ2n) is 7.17. The molecule has 6 heteroatoms. The van der Waals surface area contributed by atoms with E-state index in [1.165, 1.54) is 7.11 Å². The molecule has 0 spiro atoms. The van der Waals surface area contributed by atoms with E-state index in [0.29, 0.717) is 17.5 Å². The summed E-state index contributed by atoms with van der Waals surface area (Å²) in [6, 6.07) is 33.5. The van der Waals surface area contributed by atoms with E-state index >= 15 is 0 Å². The molecule has 3 rings (SSSR count). The Bertz CT molecular complexity index is 1020. The minimum Gasteiger partial charge on any atom is -0.467 e. The lowest BCUT2D eigenvalue weighted by molar-refractivity contribution is -0.157. The number of carbonyl (C=O) groups is 1. The van der Waals surface area contributed by atoms with Gasteiger partial charge in [0.2, 0.25) is 0 Å². The van der Waals surface area contributed by atoms with Gasteiger partial charge in [-0.2, -0.15) is 10.5 Å². The highest BCUT2D eigenvalue weighted by Crippen LogP contribution is 2.36. The van der Waals surface area contributed by atoms with Crippen molar-refractivity contribution in [3.8, 4) is 12.1 Å². The Morgan fingerprint density at radius 1 is 0.829 bits per heavy atom. The zero-order chi connectivity index (χ0) is 25.9. The van der Waals surface area contributed by atoms with E-state index in [4.69, 9.17) is 10.00 Å². The molecule has 0 bridgehead atoms. The number of halogens is 1. The molecule has 182 valence electrons. The molecule has 35 heavy (non-hydrogen) atoms. The highest BCUT2D eigenvalue weighted by atomic mass is 127. The summed E-state index contributed by atoms with van der Waals surface area (Å²) in [7, 11) is 1.38. The quantitative estimate of drug-likeness (QED) is 0.169. The van der Waals surface area contributed by atoms with Crippen LogP contribution in [0.3, 0.4) is 0 Å². The van der Waals surface area contributed by atoms with Crippen LogP contribution in [0.1, 0.15) is 37.0 Å². The number of nitrogens with zero attached hydrogens (tertiary/aromatic N) is 3. The van der Waals surface area contributed by atoms with Gasteiger partial charge in [0, 0.05) is 13.1 Å². The van der Waals surface area contributed by atoms with Crippen LogP contribution in [0, 0.1) is 22.7 Å². The van der Waals surface area contributed by atoms with E-state index in [2.05, 4.69) is 6.07 Å². The molecule has 1 atom stereocenters. The van der Waals surface area contributed by atoms with Gasteiger partial charge >= 0.3 is 5.97 Å². The predicted octanol–water partition coefficient (Wildman–Crippen LogP) is 6.64. The number of esters is 1. The molecule has 0 aliphatic rings. The third-order valence-corrected chi connectivity index (χ3v) is 5.48. The van der Waals surface area contributed by atoms with Crippen LogP contribution in [-0.2, 0) is 28.2 Å². The van der Waals surface area contributed by atoms with Gasteiger partial charge in [0.05, 0.1) is 30.1 Å². The van der Waals surface area contributed by atoms with Gasteiger partial charge in [-0.1, -0.05) is 127 Å². The molecule has 3 aromatic carbocycles. The fraction of sp³-hybridized carbons (Fsp3) is 0.276. The summed E-state index contributed by atoms with van der Waals surface area (Å²) >= 11 is 1.99. The first-order valence-corrected chi connectivity index (χ1v) is 12.9. The van der Waals surface area contributed by atoms with Crippen LogP contribution in [0.4, 0.5) is 0 Å². The second-order valence-corrected chi connectivity index (χ2v) is 7.93. The SMILES string of the molecule is CC.COC(=O)C(CC#N)(c1ccccc1)N(Cc1ccccc1)Cc1ccccc1.N#CCI. The molecule has 5 nitrogen and oxygen atoms in total. The van der Waals surface area contributed by atoms with Crippen molar-refractivity contribution in [2.75, 3.05) is 11.5 Å². The monoisotopic (exact) mass is 581 g/mol. The third-order valence-electron chi connectivity index (χ3n) is 5.14. The van der Waals surface area contributed by atoms with Crippen molar-refractivity contribution >= 4 is 28.6 Å². The molecule has 0 aromatic heterocycles. The number of hydrogen-bond donors (Lipinski definition) is 0. The topological polar surface area (TPSA) is 77.1 Å². The minimum atomic E-state index is -1.21. The second kappa shape index (κ2) is 17.3. The Labute approximate surface area is 223 Å². The van der Waals surface area contributed by atoms with Gasteiger partial charge < -0.3 is 4.74 Å². The maximum atomic E-state index is 13.2. The Balaban J connectivity index is 0.000000926. The molecule has 3 aromatic rings. The number of benzene rings is 3. The number of alkyl halides is 1. The summed E-state index contributed by atoms with van der Waals surface area (Å²) in [6.07, 6.45) is -0.0106. The third kappa shape index (κ3) is 8.83. The molecule has 0 aliphatic heterocycles. The van der Waals surface area contributed by atoms with Gasteiger partial charge in [-0.05, 0) is 16.7 Å². The maximum Gasteiger partial charge on any atom is 0.332 e. The van der Waals surface area contributed by atoms with Crippen LogP contribution >= 0.6 is 22.6 Å². The van der Waals surface area contributed by atoms with Crippen molar-refractivity contribution in [3.05, 3.63) is 108 Å². The van der Waals surface area contributed by atoms with Gasteiger partial charge in [-0.25, -0.2) is 4.79 Å². The largest absolute Gasteiger partial charge is 0.467 e. The lowest BCUT2D eigenvalue weighted by Crippen LogP contribution is -2.51. The van der Waals surface area contributed by atoms with E-state index < -0.39 is 11.5 Å². The number of methoxy groups -OCH3 is 1. The van der Waals surface area contributed by atoms with Crippen molar-refractivity contribution in [2.45, 2.75) is 38.9 Å². The summed E-state index contributed by atoms with van der Waals surface area (Å²) in [5.41, 5.74) is 1.66. The summed E-state index contributed by atoms with van der Waals surface area (Å²) in [5, 5.41) is 17.3. The molecule has 0 aliphatic carbocycles. The van der Waals surface area contributed by atoms with Crippen LogP contribution < -0.4 is 0 Å². The van der Waals surface area contributed by atoms with Gasteiger partial charge in [0.1, 0.15) is 0 Å². The number of carbonyl (C=O) groups excluding carboxylic acids is 1. The molecule has 0 saturated carbocycles. The molecular formula is C29H32IN3O2. The number of ether oxygens (including phenoxy) is 1. The Morgan fingerprint density at radius 2 is 1.23 bits per heavy atom. The smallest absolute Gasteiger partial charge is 0.332 e. The summed E-state index contributed by atoms with van der Waals surface area (Å²) in [6.45, 7) is 5.00. The van der Waals surface area contributed by atoms with Crippen LogP contribution in [0.15, 0.2) is 91.0 Å². The highest BCUT2D eigenvalue weighted by molar-refractivity contribution is 14.1. The van der Waals surface area contributed by atoms with E-state index in [1.54, 1.807) is 0 Å². The molecular weight excluding hydrogens is 549 g/mol.